The van der Waals surface area contributed by atoms with Crippen LogP contribution in [0.1, 0.15) is 11.1 Å². The van der Waals surface area contributed by atoms with Crippen molar-refractivity contribution in [2.24, 2.45) is 0 Å². The molecule has 0 aliphatic carbocycles. The van der Waals surface area contributed by atoms with Gasteiger partial charge in [-0.3, -0.25) is 4.79 Å². The van der Waals surface area contributed by atoms with Crippen molar-refractivity contribution < 1.29 is 9.53 Å². The minimum Gasteiger partial charge on any atom is -0.497 e. The zero-order chi connectivity index (χ0) is 15.8. The van der Waals surface area contributed by atoms with Gasteiger partial charge in [-0.1, -0.05) is 40.2 Å². The molecule has 0 aliphatic heterocycles. The molecule has 0 saturated heterocycles. The number of amides is 1. The highest BCUT2D eigenvalue weighted by atomic mass is 79.9. The van der Waals surface area contributed by atoms with E-state index in [0.29, 0.717) is 12.3 Å². The fraction of sp³-hybridized carbons (Fsp3) is 0.235. The third kappa shape index (κ3) is 5.73. The van der Waals surface area contributed by atoms with Crippen LogP contribution in [-0.4, -0.2) is 18.8 Å². The van der Waals surface area contributed by atoms with Crippen LogP contribution in [0.15, 0.2) is 53.0 Å². The zero-order valence-corrected chi connectivity index (χ0v) is 14.7. The van der Waals surface area contributed by atoms with Crippen LogP contribution in [-0.2, 0) is 17.1 Å². The Hall–Kier alpha value is -1.46. The lowest BCUT2D eigenvalue weighted by Crippen LogP contribution is -2.24. The highest BCUT2D eigenvalue weighted by Crippen LogP contribution is 2.16. The molecule has 5 heteroatoms. The van der Waals surface area contributed by atoms with Crippen molar-refractivity contribution in [3.63, 3.8) is 0 Å². The second-order valence-corrected chi connectivity index (χ2v) is 6.65. The predicted octanol–water partition coefficient (Wildman–Crippen LogP) is 4.01. The highest BCUT2D eigenvalue weighted by Gasteiger charge is 2.03. The first-order valence-electron chi connectivity index (χ1n) is 6.89. The quantitative estimate of drug-likeness (QED) is 0.789. The average Bonchev–Trinajstić information content (AvgIpc) is 2.55. The van der Waals surface area contributed by atoms with Gasteiger partial charge >= 0.3 is 0 Å². The Morgan fingerprint density at radius 2 is 1.95 bits per heavy atom. The van der Waals surface area contributed by atoms with E-state index >= 15 is 0 Å². The molecule has 0 aliphatic rings. The van der Waals surface area contributed by atoms with Gasteiger partial charge in [0.25, 0.3) is 0 Å². The van der Waals surface area contributed by atoms with Crippen LogP contribution in [0.25, 0.3) is 0 Å². The van der Waals surface area contributed by atoms with Gasteiger partial charge in [0.05, 0.1) is 12.9 Å². The Kier molecular flexibility index (Phi) is 6.80. The molecular weight excluding hydrogens is 362 g/mol. The number of halogens is 1. The van der Waals surface area contributed by atoms with Gasteiger partial charge in [0.2, 0.25) is 5.91 Å². The predicted molar refractivity (Wildman–Crippen MR) is 95.1 cm³/mol. The largest absolute Gasteiger partial charge is 0.497 e. The first-order chi connectivity index (χ1) is 10.7. The fourth-order valence-corrected chi connectivity index (χ4v) is 2.96. The summed E-state index contributed by atoms with van der Waals surface area (Å²) < 4.78 is 6.23. The van der Waals surface area contributed by atoms with E-state index in [-0.39, 0.29) is 5.91 Å². The van der Waals surface area contributed by atoms with Crippen LogP contribution in [0, 0.1) is 0 Å². The molecule has 1 N–H and O–H groups in total. The third-order valence-corrected chi connectivity index (χ3v) is 4.57. The first-order valence-corrected chi connectivity index (χ1v) is 8.84. The molecule has 1 amide bonds. The second-order valence-electron chi connectivity index (χ2n) is 4.75. The number of carbonyl (C=O) groups excluding carboxylic acids is 1. The lowest BCUT2D eigenvalue weighted by Gasteiger charge is -2.07. The highest BCUT2D eigenvalue weighted by molar-refractivity contribution is 9.10. The second kappa shape index (κ2) is 8.86. The maximum atomic E-state index is 11.8. The van der Waals surface area contributed by atoms with Crippen molar-refractivity contribution in [3.8, 4) is 5.75 Å². The SMILES string of the molecule is COc1cccc(CNC(=O)CSCc2ccc(Br)cc2)c1. The number of benzene rings is 2. The molecule has 0 heterocycles. The van der Waals surface area contributed by atoms with Crippen LogP contribution in [0.2, 0.25) is 0 Å². The molecule has 0 atom stereocenters. The maximum absolute atomic E-state index is 11.8. The minimum absolute atomic E-state index is 0.0462. The van der Waals surface area contributed by atoms with Crippen molar-refractivity contribution in [1.29, 1.82) is 0 Å². The van der Waals surface area contributed by atoms with E-state index in [2.05, 4.69) is 33.4 Å². The number of carbonyl (C=O) groups is 1. The average molecular weight is 380 g/mol. The normalized spacial score (nSPS) is 10.3. The van der Waals surface area contributed by atoms with E-state index in [1.165, 1.54) is 5.56 Å². The molecule has 3 nitrogen and oxygen atoms in total. The summed E-state index contributed by atoms with van der Waals surface area (Å²) >= 11 is 5.02. The van der Waals surface area contributed by atoms with E-state index in [0.717, 1.165) is 21.5 Å². The lowest BCUT2D eigenvalue weighted by atomic mass is 10.2. The number of methoxy groups -OCH3 is 1. The molecule has 116 valence electrons. The molecule has 22 heavy (non-hydrogen) atoms. The van der Waals surface area contributed by atoms with E-state index in [4.69, 9.17) is 4.74 Å². The smallest absolute Gasteiger partial charge is 0.230 e. The summed E-state index contributed by atoms with van der Waals surface area (Å²) in [6, 6.07) is 15.9. The van der Waals surface area contributed by atoms with Crippen LogP contribution in [0.5, 0.6) is 5.75 Å². The summed E-state index contributed by atoms with van der Waals surface area (Å²) in [7, 11) is 1.64. The van der Waals surface area contributed by atoms with Crippen LogP contribution in [0.4, 0.5) is 0 Å². The molecule has 0 bridgehead atoms. The van der Waals surface area contributed by atoms with Gasteiger partial charge in [-0.15, -0.1) is 11.8 Å². The summed E-state index contributed by atoms with van der Waals surface area (Å²) in [4.78, 5) is 11.8. The molecule has 2 rings (SSSR count). The van der Waals surface area contributed by atoms with E-state index in [9.17, 15) is 4.79 Å². The van der Waals surface area contributed by atoms with E-state index < -0.39 is 0 Å². The summed E-state index contributed by atoms with van der Waals surface area (Å²) in [5.41, 5.74) is 2.25. The van der Waals surface area contributed by atoms with Crippen molar-refractivity contribution in [3.05, 3.63) is 64.1 Å². The van der Waals surface area contributed by atoms with Crippen LogP contribution >= 0.6 is 27.7 Å². The Balaban J connectivity index is 1.70. The summed E-state index contributed by atoms with van der Waals surface area (Å²) in [5.74, 6) is 2.14. The summed E-state index contributed by atoms with van der Waals surface area (Å²) in [6.45, 7) is 0.523. The Morgan fingerprint density at radius 3 is 2.68 bits per heavy atom. The molecule has 2 aromatic rings. The van der Waals surface area contributed by atoms with Gasteiger partial charge in [0.1, 0.15) is 5.75 Å². The number of hydrogen-bond donors (Lipinski definition) is 1. The Bertz CT molecular complexity index is 616. The molecular formula is C17H18BrNO2S. The first kappa shape index (κ1) is 16.9. The fourth-order valence-electron chi connectivity index (χ4n) is 1.88. The molecule has 0 radical (unpaired) electrons. The molecule has 0 aromatic heterocycles. The lowest BCUT2D eigenvalue weighted by molar-refractivity contribution is -0.118. The van der Waals surface area contributed by atoms with Crippen LogP contribution in [0.3, 0.4) is 0 Å². The molecule has 0 spiro atoms. The number of ether oxygens (including phenoxy) is 1. The number of nitrogens with one attached hydrogen (secondary N) is 1. The number of hydrogen-bond acceptors (Lipinski definition) is 3. The summed E-state index contributed by atoms with van der Waals surface area (Å²) in [5, 5.41) is 2.92. The van der Waals surface area contributed by atoms with E-state index in [1.807, 2.05) is 36.4 Å². The van der Waals surface area contributed by atoms with Crippen molar-refractivity contribution in [2.45, 2.75) is 12.3 Å². The molecule has 0 fully saturated rings. The third-order valence-electron chi connectivity index (χ3n) is 3.04. The van der Waals surface area contributed by atoms with Crippen molar-refractivity contribution in [2.75, 3.05) is 12.9 Å². The molecule has 2 aromatic carbocycles. The van der Waals surface area contributed by atoms with E-state index in [1.54, 1.807) is 18.9 Å². The van der Waals surface area contributed by atoms with Gasteiger partial charge in [-0.05, 0) is 35.4 Å². The standard InChI is InChI=1S/C17H18BrNO2S/c1-21-16-4-2-3-14(9-16)10-19-17(20)12-22-11-13-5-7-15(18)8-6-13/h2-9H,10-12H2,1H3,(H,19,20). The molecule has 0 unspecified atom stereocenters. The minimum atomic E-state index is 0.0462. The van der Waals surface area contributed by atoms with Gasteiger partial charge in [-0.25, -0.2) is 0 Å². The molecule has 0 saturated carbocycles. The number of thioether (sulfide) groups is 1. The topological polar surface area (TPSA) is 38.3 Å². The maximum Gasteiger partial charge on any atom is 0.230 e. The van der Waals surface area contributed by atoms with Gasteiger partial charge in [0, 0.05) is 16.8 Å². The zero-order valence-electron chi connectivity index (χ0n) is 12.3. The van der Waals surface area contributed by atoms with Gasteiger partial charge in [-0.2, -0.15) is 0 Å². The Morgan fingerprint density at radius 1 is 1.18 bits per heavy atom. The number of rotatable bonds is 7. The van der Waals surface area contributed by atoms with Gasteiger partial charge in [0.15, 0.2) is 0 Å². The van der Waals surface area contributed by atoms with Gasteiger partial charge < -0.3 is 10.1 Å². The van der Waals surface area contributed by atoms with Crippen molar-refractivity contribution in [1.82, 2.24) is 5.32 Å². The Labute approximate surface area is 143 Å². The van der Waals surface area contributed by atoms with Crippen LogP contribution < -0.4 is 10.1 Å². The summed E-state index contributed by atoms with van der Waals surface area (Å²) in [6.07, 6.45) is 0. The van der Waals surface area contributed by atoms with Crippen molar-refractivity contribution >= 4 is 33.6 Å². The monoisotopic (exact) mass is 379 g/mol.